The molecule has 7 heteroatoms. The minimum atomic E-state index is -0.461. The van der Waals surface area contributed by atoms with E-state index in [9.17, 15) is 14.0 Å². The fourth-order valence-electron chi connectivity index (χ4n) is 3.55. The Balaban J connectivity index is 1.50. The third-order valence-corrected chi connectivity index (χ3v) is 5.29. The van der Waals surface area contributed by atoms with Crippen molar-refractivity contribution in [2.75, 3.05) is 6.61 Å². The first-order valence-electron chi connectivity index (χ1n) is 11.0. The standard InChI is InChI=1S/C27H25FN2O4/c1-3-33-25-15-20(11-12-24(25)34-17-21-5-4-6-22(28)13-21)14-23-26(31)30(27(32)29-23)16-19-9-7-18(2)8-10-19/h4-15H,3,16-17H2,1-2H3,(H,29,32)/b23-14+. The van der Waals surface area contributed by atoms with Crippen LogP contribution in [0.3, 0.4) is 0 Å². The molecule has 0 unspecified atom stereocenters. The Bertz CT molecular complexity index is 1240. The number of ether oxygens (including phenoxy) is 2. The van der Waals surface area contributed by atoms with Crippen LogP contribution >= 0.6 is 0 Å². The molecule has 1 heterocycles. The molecule has 4 rings (SSSR count). The van der Waals surface area contributed by atoms with Crippen LogP contribution in [0.1, 0.15) is 29.2 Å². The Kier molecular flexibility index (Phi) is 6.92. The third kappa shape index (κ3) is 5.43. The van der Waals surface area contributed by atoms with Gasteiger partial charge in [0, 0.05) is 0 Å². The van der Waals surface area contributed by atoms with E-state index in [-0.39, 0.29) is 24.7 Å². The van der Waals surface area contributed by atoms with Crippen LogP contribution in [0.4, 0.5) is 9.18 Å². The van der Waals surface area contributed by atoms with Crippen LogP contribution in [0, 0.1) is 12.7 Å². The highest BCUT2D eigenvalue weighted by atomic mass is 19.1. The molecule has 0 spiro atoms. The molecule has 0 aromatic heterocycles. The molecule has 0 bridgehead atoms. The second kappa shape index (κ2) is 10.2. The monoisotopic (exact) mass is 460 g/mol. The summed E-state index contributed by atoms with van der Waals surface area (Å²) in [5, 5.41) is 2.64. The van der Waals surface area contributed by atoms with Crippen molar-refractivity contribution >= 4 is 18.0 Å². The largest absolute Gasteiger partial charge is 0.490 e. The van der Waals surface area contributed by atoms with Crippen LogP contribution in [-0.2, 0) is 17.9 Å². The van der Waals surface area contributed by atoms with Crippen molar-refractivity contribution in [1.82, 2.24) is 10.2 Å². The number of aryl methyl sites for hydroxylation is 1. The van der Waals surface area contributed by atoms with Gasteiger partial charge in [-0.2, -0.15) is 0 Å². The molecular weight excluding hydrogens is 435 g/mol. The van der Waals surface area contributed by atoms with Crippen LogP contribution in [0.15, 0.2) is 72.4 Å². The number of halogens is 1. The molecule has 1 N–H and O–H groups in total. The highest BCUT2D eigenvalue weighted by Gasteiger charge is 2.33. The summed E-state index contributed by atoms with van der Waals surface area (Å²) < 4.78 is 24.9. The Morgan fingerprint density at radius 3 is 2.47 bits per heavy atom. The van der Waals surface area contributed by atoms with Gasteiger partial charge in [0.25, 0.3) is 5.91 Å². The highest BCUT2D eigenvalue weighted by molar-refractivity contribution is 6.13. The lowest BCUT2D eigenvalue weighted by molar-refractivity contribution is -0.123. The summed E-state index contributed by atoms with van der Waals surface area (Å²) >= 11 is 0. The number of urea groups is 1. The average Bonchev–Trinajstić information content (AvgIpc) is 3.07. The fraction of sp³-hybridized carbons (Fsp3) is 0.185. The number of hydrogen-bond donors (Lipinski definition) is 1. The van der Waals surface area contributed by atoms with E-state index < -0.39 is 11.9 Å². The Hall–Kier alpha value is -4.13. The number of rotatable bonds is 8. The molecule has 1 aliphatic rings. The SMILES string of the molecule is CCOc1cc(/C=C2/NC(=O)N(Cc3ccc(C)cc3)C2=O)ccc1OCc1cccc(F)c1. The average molecular weight is 461 g/mol. The molecule has 0 atom stereocenters. The van der Waals surface area contributed by atoms with E-state index in [0.29, 0.717) is 29.2 Å². The lowest BCUT2D eigenvalue weighted by Crippen LogP contribution is -2.30. The van der Waals surface area contributed by atoms with E-state index in [2.05, 4.69) is 5.32 Å². The minimum absolute atomic E-state index is 0.181. The summed E-state index contributed by atoms with van der Waals surface area (Å²) in [4.78, 5) is 26.4. The van der Waals surface area contributed by atoms with Crippen molar-refractivity contribution in [1.29, 1.82) is 0 Å². The smallest absolute Gasteiger partial charge is 0.329 e. The van der Waals surface area contributed by atoms with Gasteiger partial charge >= 0.3 is 6.03 Å². The summed E-state index contributed by atoms with van der Waals surface area (Å²) in [6.07, 6.45) is 1.61. The molecule has 174 valence electrons. The topological polar surface area (TPSA) is 67.9 Å². The van der Waals surface area contributed by atoms with Gasteiger partial charge in [-0.1, -0.05) is 48.0 Å². The van der Waals surface area contributed by atoms with E-state index in [0.717, 1.165) is 11.1 Å². The maximum atomic E-state index is 13.4. The van der Waals surface area contributed by atoms with Crippen LogP contribution in [-0.4, -0.2) is 23.4 Å². The summed E-state index contributed by atoms with van der Waals surface area (Å²) in [5.41, 5.74) is 3.53. The molecule has 6 nitrogen and oxygen atoms in total. The van der Waals surface area contributed by atoms with Crippen molar-refractivity contribution in [3.8, 4) is 11.5 Å². The van der Waals surface area contributed by atoms with Gasteiger partial charge in [-0.05, 0) is 60.9 Å². The van der Waals surface area contributed by atoms with Gasteiger partial charge in [-0.25, -0.2) is 9.18 Å². The van der Waals surface area contributed by atoms with Crippen LogP contribution in [0.5, 0.6) is 11.5 Å². The van der Waals surface area contributed by atoms with E-state index in [4.69, 9.17) is 9.47 Å². The normalized spacial score (nSPS) is 14.4. The number of amides is 3. The minimum Gasteiger partial charge on any atom is -0.490 e. The molecule has 1 aliphatic heterocycles. The van der Waals surface area contributed by atoms with Crippen LogP contribution in [0.2, 0.25) is 0 Å². The number of hydrogen-bond acceptors (Lipinski definition) is 4. The zero-order valence-corrected chi connectivity index (χ0v) is 19.0. The first-order chi connectivity index (χ1) is 16.4. The fourth-order valence-corrected chi connectivity index (χ4v) is 3.55. The van der Waals surface area contributed by atoms with Gasteiger partial charge in [-0.3, -0.25) is 9.69 Å². The van der Waals surface area contributed by atoms with E-state index in [1.54, 1.807) is 36.4 Å². The molecule has 34 heavy (non-hydrogen) atoms. The van der Waals surface area contributed by atoms with Gasteiger partial charge < -0.3 is 14.8 Å². The molecule has 0 radical (unpaired) electrons. The summed E-state index contributed by atoms with van der Waals surface area (Å²) in [6, 6.07) is 18.6. The van der Waals surface area contributed by atoms with E-state index >= 15 is 0 Å². The van der Waals surface area contributed by atoms with Crippen LogP contribution in [0.25, 0.3) is 6.08 Å². The van der Waals surface area contributed by atoms with Crippen molar-refractivity contribution < 1.29 is 23.5 Å². The quantitative estimate of drug-likeness (QED) is 0.370. The van der Waals surface area contributed by atoms with Gasteiger partial charge in [0.05, 0.1) is 13.2 Å². The Morgan fingerprint density at radius 1 is 0.941 bits per heavy atom. The Labute approximate surface area is 197 Å². The predicted octanol–water partition coefficient (Wildman–Crippen LogP) is 5.20. The number of carbonyl (C=O) groups excluding carboxylic acids is 2. The van der Waals surface area contributed by atoms with Gasteiger partial charge in [0.1, 0.15) is 18.1 Å². The molecule has 3 aromatic carbocycles. The van der Waals surface area contributed by atoms with E-state index in [1.807, 2.05) is 38.1 Å². The summed E-state index contributed by atoms with van der Waals surface area (Å²) in [7, 11) is 0. The second-order valence-corrected chi connectivity index (χ2v) is 7.92. The number of nitrogens with one attached hydrogen (secondary N) is 1. The van der Waals surface area contributed by atoms with Crippen LogP contribution < -0.4 is 14.8 Å². The maximum absolute atomic E-state index is 13.4. The number of carbonyl (C=O) groups is 2. The molecule has 1 saturated heterocycles. The Morgan fingerprint density at radius 2 is 1.74 bits per heavy atom. The lowest BCUT2D eigenvalue weighted by atomic mass is 10.1. The second-order valence-electron chi connectivity index (χ2n) is 7.92. The molecule has 0 saturated carbocycles. The third-order valence-electron chi connectivity index (χ3n) is 5.29. The number of benzene rings is 3. The van der Waals surface area contributed by atoms with Crippen molar-refractivity contribution in [3.05, 3.63) is 100 Å². The summed E-state index contributed by atoms with van der Waals surface area (Å²) in [6.45, 7) is 4.62. The molecule has 3 aromatic rings. The lowest BCUT2D eigenvalue weighted by Gasteiger charge is -2.13. The summed E-state index contributed by atoms with van der Waals surface area (Å²) in [5.74, 6) is 0.264. The van der Waals surface area contributed by atoms with E-state index in [1.165, 1.54) is 17.0 Å². The molecule has 3 amide bonds. The first kappa shape index (κ1) is 23.0. The number of nitrogens with zero attached hydrogens (tertiary/aromatic N) is 1. The predicted molar refractivity (Wildman–Crippen MR) is 127 cm³/mol. The molecule has 0 aliphatic carbocycles. The maximum Gasteiger partial charge on any atom is 0.329 e. The molecule has 1 fully saturated rings. The van der Waals surface area contributed by atoms with Crippen molar-refractivity contribution in [2.45, 2.75) is 27.0 Å². The van der Waals surface area contributed by atoms with Gasteiger partial charge in [0.15, 0.2) is 11.5 Å². The van der Waals surface area contributed by atoms with Crippen molar-refractivity contribution in [3.63, 3.8) is 0 Å². The van der Waals surface area contributed by atoms with Gasteiger partial charge in [0.2, 0.25) is 0 Å². The van der Waals surface area contributed by atoms with Crippen molar-refractivity contribution in [2.24, 2.45) is 0 Å². The number of imide groups is 1. The first-order valence-corrected chi connectivity index (χ1v) is 11.0. The highest BCUT2D eigenvalue weighted by Crippen LogP contribution is 2.30. The van der Waals surface area contributed by atoms with Gasteiger partial charge in [-0.15, -0.1) is 0 Å². The molecular formula is C27H25FN2O4. The zero-order chi connectivity index (χ0) is 24.1. The zero-order valence-electron chi connectivity index (χ0n) is 19.0.